The van der Waals surface area contributed by atoms with E-state index >= 15 is 0 Å². The summed E-state index contributed by atoms with van der Waals surface area (Å²) >= 11 is 0. The van der Waals surface area contributed by atoms with Crippen molar-refractivity contribution in [1.29, 1.82) is 0 Å². The summed E-state index contributed by atoms with van der Waals surface area (Å²) in [5, 5.41) is 0. The minimum absolute atomic E-state index is 0.1000. The van der Waals surface area contributed by atoms with Gasteiger partial charge in [-0.15, -0.1) is 0 Å². The van der Waals surface area contributed by atoms with Crippen molar-refractivity contribution >= 4 is 17.9 Å². The van der Waals surface area contributed by atoms with Gasteiger partial charge in [0.25, 0.3) is 0 Å². The van der Waals surface area contributed by atoms with Crippen LogP contribution in [0.5, 0.6) is 0 Å². The fourth-order valence-corrected chi connectivity index (χ4v) is 7.68. The molecular weight excluding hydrogens is 829 g/mol. The molecule has 0 aromatic rings. The number of allylic oxidation sites excluding steroid dienone is 14. The average Bonchev–Trinajstić information content (AvgIpc) is 3.33. The van der Waals surface area contributed by atoms with Crippen LogP contribution in [0.3, 0.4) is 0 Å². The number of carbonyl (C=O) groups excluding carboxylic acids is 3. The van der Waals surface area contributed by atoms with Gasteiger partial charge in [-0.1, -0.05) is 234 Å². The Kier molecular flexibility index (Phi) is 52.4. The number of unbranched alkanes of at least 4 members (excludes halogenated alkanes) is 25. The lowest BCUT2D eigenvalue weighted by atomic mass is 10.0. The molecule has 0 aromatic heterocycles. The molecule has 0 bridgehead atoms. The third kappa shape index (κ3) is 53.4. The van der Waals surface area contributed by atoms with Crippen LogP contribution in [0.4, 0.5) is 0 Å². The van der Waals surface area contributed by atoms with Gasteiger partial charge in [0.15, 0.2) is 6.10 Å². The molecule has 0 fully saturated rings. The zero-order chi connectivity index (χ0) is 48.6. The Labute approximate surface area is 414 Å². The van der Waals surface area contributed by atoms with E-state index in [0.717, 1.165) is 109 Å². The maximum Gasteiger partial charge on any atom is 0.306 e. The molecule has 0 spiro atoms. The van der Waals surface area contributed by atoms with Crippen LogP contribution in [0.2, 0.25) is 0 Å². The second-order valence-electron chi connectivity index (χ2n) is 18.5. The Morgan fingerprint density at radius 1 is 0.313 bits per heavy atom. The van der Waals surface area contributed by atoms with E-state index < -0.39 is 6.10 Å². The minimum atomic E-state index is -0.801. The molecule has 0 heterocycles. The molecule has 0 N–H and O–H groups in total. The molecule has 0 amide bonds. The van der Waals surface area contributed by atoms with Gasteiger partial charge in [-0.3, -0.25) is 14.4 Å². The van der Waals surface area contributed by atoms with E-state index in [9.17, 15) is 14.4 Å². The molecular formula is C61H104O6. The largest absolute Gasteiger partial charge is 0.462 e. The maximum absolute atomic E-state index is 12.8. The zero-order valence-corrected chi connectivity index (χ0v) is 43.9. The number of hydrogen-bond acceptors (Lipinski definition) is 6. The standard InChI is InChI=1S/C61H104O6/c1-4-7-10-13-16-19-22-25-28-30-33-36-39-42-45-48-51-54-60(63)66-57-58(56-65-59(62)53-50-47-44-41-38-35-32-27-24-21-18-15-12-9-6-3)67-61(64)55-52-49-46-43-40-37-34-31-29-26-23-20-17-14-11-8-5-2/h7,10,16,18-19,21,25,27-28,32-33,36,38,41,58H,4-6,8-9,11-15,17,20,22-24,26,29-31,34-35,37,39-40,42-57H2,1-3H3/b10-7-,19-16-,21-18-,28-25-,32-27-,36-33-,41-38-/t58-/m0/s1. The summed E-state index contributed by atoms with van der Waals surface area (Å²) in [5.41, 5.74) is 0. The smallest absolute Gasteiger partial charge is 0.306 e. The highest BCUT2D eigenvalue weighted by Gasteiger charge is 2.19. The summed E-state index contributed by atoms with van der Waals surface area (Å²) in [6.45, 7) is 6.46. The first kappa shape index (κ1) is 63.6. The second-order valence-corrected chi connectivity index (χ2v) is 18.5. The molecule has 0 aliphatic heterocycles. The van der Waals surface area contributed by atoms with Gasteiger partial charge < -0.3 is 14.2 Å². The first-order valence-corrected chi connectivity index (χ1v) is 28.1. The Bertz CT molecular complexity index is 1300. The van der Waals surface area contributed by atoms with Crippen molar-refractivity contribution in [3.05, 3.63) is 85.1 Å². The molecule has 6 nitrogen and oxygen atoms in total. The predicted molar refractivity (Wildman–Crippen MR) is 288 cm³/mol. The van der Waals surface area contributed by atoms with E-state index in [2.05, 4.69) is 106 Å². The van der Waals surface area contributed by atoms with Crippen molar-refractivity contribution in [1.82, 2.24) is 0 Å². The molecule has 1 atom stereocenters. The van der Waals surface area contributed by atoms with Crippen LogP contribution in [0.25, 0.3) is 0 Å². The number of carbonyl (C=O) groups is 3. The van der Waals surface area contributed by atoms with Crippen molar-refractivity contribution in [3.8, 4) is 0 Å². The molecule has 0 aliphatic carbocycles. The summed E-state index contributed by atoms with van der Waals surface area (Å²) in [6.07, 6.45) is 71.4. The maximum atomic E-state index is 12.8. The molecule has 6 heteroatoms. The van der Waals surface area contributed by atoms with E-state index in [0.29, 0.717) is 19.3 Å². The van der Waals surface area contributed by atoms with E-state index in [1.54, 1.807) is 0 Å². The number of hydrogen-bond donors (Lipinski definition) is 0. The molecule has 384 valence electrons. The zero-order valence-electron chi connectivity index (χ0n) is 43.9. The topological polar surface area (TPSA) is 78.9 Å². The van der Waals surface area contributed by atoms with Gasteiger partial charge in [-0.25, -0.2) is 0 Å². The van der Waals surface area contributed by atoms with Gasteiger partial charge in [-0.05, 0) is 96.3 Å². The Morgan fingerprint density at radius 3 is 0.970 bits per heavy atom. The lowest BCUT2D eigenvalue weighted by molar-refractivity contribution is -0.167. The van der Waals surface area contributed by atoms with Crippen LogP contribution >= 0.6 is 0 Å². The highest BCUT2D eigenvalue weighted by molar-refractivity contribution is 5.71. The van der Waals surface area contributed by atoms with Gasteiger partial charge in [0, 0.05) is 19.3 Å². The van der Waals surface area contributed by atoms with Gasteiger partial charge in [0.1, 0.15) is 13.2 Å². The third-order valence-electron chi connectivity index (χ3n) is 11.9. The van der Waals surface area contributed by atoms with Gasteiger partial charge in [0.2, 0.25) is 0 Å². The summed E-state index contributed by atoms with van der Waals surface area (Å²) in [7, 11) is 0. The van der Waals surface area contributed by atoms with E-state index in [4.69, 9.17) is 14.2 Å². The average molecular weight is 933 g/mol. The van der Waals surface area contributed by atoms with Crippen LogP contribution in [-0.2, 0) is 28.6 Å². The van der Waals surface area contributed by atoms with Gasteiger partial charge in [-0.2, -0.15) is 0 Å². The third-order valence-corrected chi connectivity index (χ3v) is 11.9. The highest BCUT2D eigenvalue weighted by atomic mass is 16.6. The van der Waals surface area contributed by atoms with Crippen LogP contribution in [0, 0.1) is 0 Å². The monoisotopic (exact) mass is 933 g/mol. The van der Waals surface area contributed by atoms with Crippen molar-refractivity contribution < 1.29 is 28.6 Å². The first-order chi connectivity index (χ1) is 33.0. The first-order valence-electron chi connectivity index (χ1n) is 28.1. The minimum Gasteiger partial charge on any atom is -0.462 e. The van der Waals surface area contributed by atoms with Gasteiger partial charge in [0.05, 0.1) is 0 Å². The number of esters is 3. The highest BCUT2D eigenvalue weighted by Crippen LogP contribution is 2.15. The predicted octanol–water partition coefficient (Wildman–Crippen LogP) is 18.8. The number of rotatable bonds is 50. The van der Waals surface area contributed by atoms with Crippen molar-refractivity contribution in [2.75, 3.05) is 13.2 Å². The van der Waals surface area contributed by atoms with Crippen LogP contribution in [0.15, 0.2) is 85.1 Å². The summed E-state index contributed by atoms with van der Waals surface area (Å²) in [6, 6.07) is 0. The molecule has 0 unspecified atom stereocenters. The Morgan fingerprint density at radius 2 is 0.582 bits per heavy atom. The molecule has 0 aliphatic rings. The second kappa shape index (κ2) is 55.2. The lowest BCUT2D eigenvalue weighted by Crippen LogP contribution is -2.30. The van der Waals surface area contributed by atoms with E-state index in [-0.39, 0.29) is 31.1 Å². The van der Waals surface area contributed by atoms with Crippen molar-refractivity contribution in [2.24, 2.45) is 0 Å². The fourth-order valence-electron chi connectivity index (χ4n) is 7.68. The van der Waals surface area contributed by atoms with E-state index in [1.807, 2.05) is 0 Å². The summed E-state index contributed by atoms with van der Waals surface area (Å²) in [5.74, 6) is -0.954. The van der Waals surface area contributed by atoms with Crippen LogP contribution in [-0.4, -0.2) is 37.2 Å². The van der Waals surface area contributed by atoms with E-state index in [1.165, 1.54) is 116 Å². The molecule has 0 saturated heterocycles. The lowest BCUT2D eigenvalue weighted by Gasteiger charge is -2.18. The van der Waals surface area contributed by atoms with Crippen molar-refractivity contribution in [2.45, 2.75) is 271 Å². The molecule has 0 saturated carbocycles. The molecule has 0 radical (unpaired) electrons. The normalized spacial score (nSPS) is 12.7. The fraction of sp³-hybridized carbons (Fsp3) is 0.721. The van der Waals surface area contributed by atoms with Crippen LogP contribution < -0.4 is 0 Å². The summed E-state index contributed by atoms with van der Waals surface area (Å²) < 4.78 is 16.8. The molecule has 67 heavy (non-hydrogen) atoms. The number of ether oxygens (including phenoxy) is 3. The Hall–Kier alpha value is -3.41. The summed E-state index contributed by atoms with van der Waals surface area (Å²) in [4.78, 5) is 38.1. The van der Waals surface area contributed by atoms with Gasteiger partial charge >= 0.3 is 17.9 Å². The SMILES string of the molecule is CC/C=C\C/C=C\C/C=C\C/C=C\CCCCCCC(=O)OC[C@H](COC(=O)CCCC/C=C\C/C=C\C/C=C\CCCCC)OC(=O)CCCCCCCCCCCCCCCCCCC. The quantitative estimate of drug-likeness (QED) is 0.0262. The van der Waals surface area contributed by atoms with Crippen LogP contribution in [0.1, 0.15) is 265 Å². The van der Waals surface area contributed by atoms with Crippen molar-refractivity contribution in [3.63, 3.8) is 0 Å². The molecule has 0 rings (SSSR count). The Balaban J connectivity index is 4.47. The molecule has 0 aromatic carbocycles.